The highest BCUT2D eigenvalue weighted by Gasteiger charge is 2.15. The molecule has 1 aliphatic heterocycles. The Morgan fingerprint density at radius 3 is 2.85 bits per heavy atom. The molecule has 1 fully saturated rings. The van der Waals surface area contributed by atoms with Gasteiger partial charge >= 0.3 is 0 Å². The number of aromatic nitrogens is 3. The minimum absolute atomic E-state index is 0.491. The molecule has 3 heterocycles. The van der Waals surface area contributed by atoms with Crippen molar-refractivity contribution in [2.75, 3.05) is 37.8 Å². The molecule has 0 aliphatic carbocycles. The number of pyridine rings is 1. The Bertz CT molecular complexity index is 884. The lowest BCUT2D eigenvalue weighted by atomic mass is 10.1. The van der Waals surface area contributed by atoms with E-state index in [2.05, 4.69) is 46.1 Å². The van der Waals surface area contributed by atoms with Crippen LogP contribution >= 0.6 is 0 Å². The second kappa shape index (κ2) is 7.33. The van der Waals surface area contributed by atoms with Crippen LogP contribution in [0.2, 0.25) is 0 Å². The van der Waals surface area contributed by atoms with E-state index in [1.165, 1.54) is 0 Å². The predicted octanol–water partition coefficient (Wildman–Crippen LogP) is 3.50. The number of rotatable bonds is 5. The number of aromatic amines is 1. The zero-order chi connectivity index (χ0) is 17.9. The smallest absolute Gasteiger partial charge is 0.129 e. The third-order valence-electron chi connectivity index (χ3n) is 4.47. The monoisotopic (exact) mass is 352 g/mol. The van der Waals surface area contributed by atoms with Crippen molar-refractivity contribution in [2.24, 2.45) is 5.92 Å². The molecule has 4 rings (SSSR count). The molecule has 2 aromatic heterocycles. The van der Waals surface area contributed by atoms with Gasteiger partial charge in [-0.1, -0.05) is 13.8 Å². The van der Waals surface area contributed by atoms with E-state index in [4.69, 9.17) is 9.47 Å². The number of nitrogens with zero attached hydrogens (tertiary/aromatic N) is 3. The van der Waals surface area contributed by atoms with Gasteiger partial charge in [0.2, 0.25) is 0 Å². The van der Waals surface area contributed by atoms with Gasteiger partial charge in [-0.2, -0.15) is 5.10 Å². The lowest BCUT2D eigenvalue weighted by Crippen LogP contribution is -2.36. The maximum absolute atomic E-state index is 5.88. The van der Waals surface area contributed by atoms with Crippen LogP contribution in [-0.2, 0) is 4.74 Å². The zero-order valence-corrected chi connectivity index (χ0v) is 15.2. The summed E-state index contributed by atoms with van der Waals surface area (Å²) in [5.41, 5.74) is 2.97. The third-order valence-corrected chi connectivity index (χ3v) is 4.47. The molecule has 0 atom stereocenters. The third kappa shape index (κ3) is 3.51. The summed E-state index contributed by atoms with van der Waals surface area (Å²) >= 11 is 0. The second-order valence-corrected chi connectivity index (χ2v) is 6.99. The van der Waals surface area contributed by atoms with Gasteiger partial charge in [0.1, 0.15) is 17.3 Å². The maximum atomic E-state index is 5.88. The lowest BCUT2D eigenvalue weighted by molar-refractivity contribution is 0.122. The number of H-pyrrole nitrogens is 1. The van der Waals surface area contributed by atoms with Gasteiger partial charge in [0, 0.05) is 30.2 Å². The number of nitrogens with one attached hydrogen (secondary N) is 1. The van der Waals surface area contributed by atoms with Crippen molar-refractivity contribution in [3.05, 3.63) is 36.5 Å². The summed E-state index contributed by atoms with van der Waals surface area (Å²) in [5.74, 6) is 2.33. The largest absolute Gasteiger partial charge is 0.493 e. The van der Waals surface area contributed by atoms with E-state index in [9.17, 15) is 0 Å². The summed E-state index contributed by atoms with van der Waals surface area (Å²) in [7, 11) is 0. The van der Waals surface area contributed by atoms with Gasteiger partial charge in [0.05, 0.1) is 25.3 Å². The van der Waals surface area contributed by atoms with Crippen molar-refractivity contribution < 1.29 is 9.47 Å². The minimum atomic E-state index is 0.491. The molecule has 0 radical (unpaired) electrons. The fraction of sp³-hybridized carbons (Fsp3) is 0.400. The highest BCUT2D eigenvalue weighted by atomic mass is 16.5. The van der Waals surface area contributed by atoms with Gasteiger partial charge in [0.25, 0.3) is 0 Å². The quantitative estimate of drug-likeness (QED) is 0.761. The first kappa shape index (κ1) is 16.8. The summed E-state index contributed by atoms with van der Waals surface area (Å²) < 4.78 is 11.3. The Kier molecular flexibility index (Phi) is 4.75. The molecule has 6 nitrogen and oxygen atoms in total. The second-order valence-electron chi connectivity index (χ2n) is 6.99. The van der Waals surface area contributed by atoms with Crippen LogP contribution in [0.3, 0.4) is 0 Å². The van der Waals surface area contributed by atoms with Gasteiger partial charge in [-0.05, 0) is 36.2 Å². The molecule has 3 aromatic rings. The average molecular weight is 352 g/mol. The number of anilines is 1. The molecule has 0 saturated carbocycles. The molecule has 1 saturated heterocycles. The molecule has 1 aromatic carbocycles. The first-order valence-electron chi connectivity index (χ1n) is 9.11. The Balaban J connectivity index is 1.66. The topological polar surface area (TPSA) is 63.3 Å². The average Bonchev–Trinajstić information content (AvgIpc) is 3.10. The molecule has 0 unspecified atom stereocenters. The van der Waals surface area contributed by atoms with Crippen LogP contribution in [0, 0.1) is 5.92 Å². The Morgan fingerprint density at radius 1 is 1.19 bits per heavy atom. The van der Waals surface area contributed by atoms with E-state index < -0.39 is 0 Å². The summed E-state index contributed by atoms with van der Waals surface area (Å²) in [6, 6.07) is 10.2. The van der Waals surface area contributed by atoms with Crippen molar-refractivity contribution in [3.63, 3.8) is 0 Å². The fourth-order valence-electron chi connectivity index (χ4n) is 3.10. The summed E-state index contributed by atoms with van der Waals surface area (Å²) in [6.45, 7) is 8.21. The van der Waals surface area contributed by atoms with E-state index in [-0.39, 0.29) is 0 Å². The highest BCUT2D eigenvalue weighted by molar-refractivity contribution is 5.94. The Hall–Kier alpha value is -2.60. The number of hydrogen-bond acceptors (Lipinski definition) is 5. The van der Waals surface area contributed by atoms with Gasteiger partial charge in [-0.3, -0.25) is 5.10 Å². The van der Waals surface area contributed by atoms with Crippen molar-refractivity contribution >= 4 is 16.7 Å². The van der Waals surface area contributed by atoms with E-state index in [1.807, 2.05) is 24.4 Å². The minimum Gasteiger partial charge on any atom is -0.493 e. The summed E-state index contributed by atoms with van der Waals surface area (Å²) in [5, 5.41) is 8.72. The van der Waals surface area contributed by atoms with Crippen LogP contribution in [0.1, 0.15) is 13.8 Å². The first-order valence-corrected chi connectivity index (χ1v) is 9.11. The molecule has 136 valence electrons. The molecule has 6 heteroatoms. The van der Waals surface area contributed by atoms with Crippen LogP contribution in [0.5, 0.6) is 5.75 Å². The van der Waals surface area contributed by atoms with Crippen molar-refractivity contribution in [1.82, 2.24) is 15.2 Å². The van der Waals surface area contributed by atoms with Crippen LogP contribution < -0.4 is 9.64 Å². The molecular formula is C20H24N4O2. The highest BCUT2D eigenvalue weighted by Crippen LogP contribution is 2.30. The van der Waals surface area contributed by atoms with E-state index >= 15 is 0 Å². The number of hydrogen-bond donors (Lipinski definition) is 1. The van der Waals surface area contributed by atoms with Crippen LogP contribution in [-0.4, -0.2) is 48.1 Å². The zero-order valence-electron chi connectivity index (χ0n) is 15.2. The molecule has 1 N–H and O–H groups in total. The normalized spacial score (nSPS) is 15.0. The molecule has 26 heavy (non-hydrogen) atoms. The van der Waals surface area contributed by atoms with Gasteiger partial charge in [0.15, 0.2) is 0 Å². The number of benzene rings is 1. The first-order chi connectivity index (χ1) is 12.7. The number of fused-ring (bicyclic) bond motifs is 1. The summed E-state index contributed by atoms with van der Waals surface area (Å²) in [4.78, 5) is 6.78. The van der Waals surface area contributed by atoms with Crippen LogP contribution in [0.25, 0.3) is 22.2 Å². The molecule has 0 spiro atoms. The molecular weight excluding hydrogens is 328 g/mol. The van der Waals surface area contributed by atoms with Gasteiger partial charge in [-0.25, -0.2) is 4.98 Å². The lowest BCUT2D eigenvalue weighted by Gasteiger charge is -2.27. The van der Waals surface area contributed by atoms with E-state index in [0.29, 0.717) is 12.5 Å². The molecule has 0 amide bonds. The maximum Gasteiger partial charge on any atom is 0.129 e. The van der Waals surface area contributed by atoms with Gasteiger partial charge in [-0.15, -0.1) is 0 Å². The van der Waals surface area contributed by atoms with Crippen molar-refractivity contribution in [3.8, 4) is 17.0 Å². The van der Waals surface area contributed by atoms with Crippen LogP contribution in [0.15, 0.2) is 36.5 Å². The summed E-state index contributed by atoms with van der Waals surface area (Å²) in [6.07, 6.45) is 1.85. The van der Waals surface area contributed by atoms with Crippen molar-refractivity contribution in [2.45, 2.75) is 13.8 Å². The predicted molar refractivity (Wildman–Crippen MR) is 103 cm³/mol. The fourth-order valence-corrected chi connectivity index (χ4v) is 3.10. The Labute approximate surface area is 153 Å². The van der Waals surface area contributed by atoms with E-state index in [0.717, 1.165) is 60.0 Å². The SMILES string of the molecule is CC(C)COc1ccc2[nH]nc(-c3ccnc(N4CCOCC4)c3)c2c1. The number of morpholine rings is 1. The van der Waals surface area contributed by atoms with Crippen molar-refractivity contribution in [1.29, 1.82) is 0 Å². The standard InChI is InChI=1S/C20H24N4O2/c1-14(2)13-26-16-3-4-18-17(12-16)20(23-22-18)15-5-6-21-19(11-15)24-7-9-25-10-8-24/h3-6,11-12,14H,7-10,13H2,1-2H3,(H,22,23). The molecule has 0 bridgehead atoms. The van der Waals surface area contributed by atoms with Gasteiger partial charge < -0.3 is 14.4 Å². The Morgan fingerprint density at radius 2 is 2.04 bits per heavy atom. The molecule has 1 aliphatic rings. The van der Waals surface area contributed by atoms with Crippen LogP contribution in [0.4, 0.5) is 5.82 Å². The number of ether oxygens (including phenoxy) is 2. The van der Waals surface area contributed by atoms with E-state index in [1.54, 1.807) is 0 Å².